The lowest BCUT2D eigenvalue weighted by Crippen LogP contribution is -2.44. The van der Waals surface area contributed by atoms with Crippen LogP contribution < -0.4 is 20.3 Å². The molecule has 1 aromatic rings. The summed E-state index contributed by atoms with van der Waals surface area (Å²) >= 11 is 0. The third-order valence-corrected chi connectivity index (χ3v) is 4.66. The molecular formula is C18H24FN5O4. The molecule has 0 spiro atoms. The van der Waals surface area contributed by atoms with Crippen molar-refractivity contribution in [3.63, 3.8) is 0 Å². The number of hydrogen-bond acceptors (Lipinski definition) is 6. The topological polar surface area (TPSA) is 117 Å². The molecule has 2 aliphatic rings. The van der Waals surface area contributed by atoms with Gasteiger partial charge in [0.25, 0.3) is 0 Å². The first-order valence-corrected chi connectivity index (χ1v) is 9.30. The van der Waals surface area contributed by atoms with E-state index in [2.05, 4.69) is 20.6 Å². The number of anilines is 1. The first-order valence-electron chi connectivity index (χ1n) is 9.30. The fourth-order valence-electron chi connectivity index (χ4n) is 2.95. The SMILES string of the molecule is O=C(O)NC/C(=C\F)COc1cnc(N2CCC[C@H](C(=O)NC3CC3)C2)nc1. The molecule has 28 heavy (non-hydrogen) atoms. The molecule has 1 saturated heterocycles. The maximum atomic E-state index is 12.8. The molecule has 152 valence electrons. The van der Waals surface area contributed by atoms with Crippen LogP contribution in [0.1, 0.15) is 25.7 Å². The molecule has 0 radical (unpaired) electrons. The van der Waals surface area contributed by atoms with Crippen molar-refractivity contribution in [1.82, 2.24) is 20.6 Å². The molecule has 1 aliphatic heterocycles. The minimum Gasteiger partial charge on any atom is -0.486 e. The van der Waals surface area contributed by atoms with E-state index < -0.39 is 6.09 Å². The Hall–Kier alpha value is -2.91. The van der Waals surface area contributed by atoms with Crippen LogP contribution in [0.3, 0.4) is 0 Å². The Morgan fingerprint density at radius 2 is 2.07 bits per heavy atom. The van der Waals surface area contributed by atoms with Gasteiger partial charge in [-0.3, -0.25) is 4.79 Å². The molecule has 1 atom stereocenters. The summed E-state index contributed by atoms with van der Waals surface area (Å²) in [5, 5.41) is 13.7. The summed E-state index contributed by atoms with van der Waals surface area (Å²) in [6.45, 7) is 1.08. The van der Waals surface area contributed by atoms with E-state index >= 15 is 0 Å². The molecule has 2 heterocycles. The van der Waals surface area contributed by atoms with Gasteiger partial charge in [-0.25, -0.2) is 19.2 Å². The summed E-state index contributed by atoms with van der Waals surface area (Å²) in [5.74, 6) is 0.907. The second-order valence-electron chi connectivity index (χ2n) is 7.00. The minimum atomic E-state index is -1.24. The number of nitrogens with one attached hydrogen (secondary N) is 2. The molecule has 0 aromatic carbocycles. The minimum absolute atomic E-state index is 0.0622. The van der Waals surface area contributed by atoms with Crippen molar-refractivity contribution in [2.75, 3.05) is 31.1 Å². The second kappa shape index (κ2) is 9.34. The van der Waals surface area contributed by atoms with E-state index in [4.69, 9.17) is 9.84 Å². The van der Waals surface area contributed by atoms with Crippen molar-refractivity contribution in [2.24, 2.45) is 5.92 Å². The summed E-state index contributed by atoms with van der Waals surface area (Å²) in [6.07, 6.45) is 5.93. The Morgan fingerprint density at radius 3 is 2.71 bits per heavy atom. The Kier molecular flexibility index (Phi) is 6.62. The summed E-state index contributed by atoms with van der Waals surface area (Å²) in [5.41, 5.74) is 0.145. The van der Waals surface area contributed by atoms with Gasteiger partial charge in [0.15, 0.2) is 5.75 Å². The van der Waals surface area contributed by atoms with Crippen LogP contribution in [-0.4, -0.2) is 59.4 Å². The third-order valence-electron chi connectivity index (χ3n) is 4.66. The van der Waals surface area contributed by atoms with Gasteiger partial charge in [-0.2, -0.15) is 0 Å². The third kappa shape index (κ3) is 5.80. The first-order chi connectivity index (χ1) is 13.5. The Morgan fingerprint density at radius 1 is 1.32 bits per heavy atom. The lowest BCUT2D eigenvalue weighted by molar-refractivity contribution is -0.125. The second-order valence-corrected chi connectivity index (χ2v) is 7.00. The van der Waals surface area contributed by atoms with E-state index in [9.17, 15) is 14.0 Å². The standard InChI is InChI=1S/C18H24FN5O4/c19-6-12(7-22-18(26)27)11-28-15-8-20-17(21-9-15)24-5-1-2-13(10-24)16(25)23-14-3-4-14/h6,8-9,13-14,22H,1-5,7,10-11H2,(H,23,25)(H,26,27)/b12-6+/t13-/m0/s1. The number of rotatable bonds is 8. The smallest absolute Gasteiger partial charge is 0.404 e. The molecule has 10 heteroatoms. The zero-order valence-electron chi connectivity index (χ0n) is 15.4. The van der Waals surface area contributed by atoms with Gasteiger partial charge in [0.05, 0.1) is 24.6 Å². The average Bonchev–Trinajstić information content (AvgIpc) is 3.52. The molecule has 0 bridgehead atoms. The van der Waals surface area contributed by atoms with Crippen molar-refractivity contribution in [2.45, 2.75) is 31.7 Å². The Bertz CT molecular complexity index is 723. The Labute approximate surface area is 162 Å². The molecule has 0 unspecified atom stereocenters. The predicted octanol–water partition coefficient (Wildman–Crippen LogP) is 1.47. The van der Waals surface area contributed by atoms with Crippen LogP contribution in [0.25, 0.3) is 0 Å². The van der Waals surface area contributed by atoms with Crippen LogP contribution in [0, 0.1) is 5.92 Å². The number of amides is 2. The quantitative estimate of drug-likeness (QED) is 0.612. The van der Waals surface area contributed by atoms with Gasteiger partial charge in [0, 0.05) is 31.2 Å². The molecule has 2 fully saturated rings. The Balaban J connectivity index is 1.50. The van der Waals surface area contributed by atoms with E-state index in [1.807, 2.05) is 4.90 Å². The molecule has 1 aromatic heterocycles. The highest BCUT2D eigenvalue weighted by molar-refractivity contribution is 5.80. The van der Waals surface area contributed by atoms with E-state index in [1.54, 1.807) is 0 Å². The zero-order chi connectivity index (χ0) is 19.9. The van der Waals surface area contributed by atoms with Crippen molar-refractivity contribution in [3.05, 3.63) is 24.3 Å². The van der Waals surface area contributed by atoms with E-state index in [0.29, 0.717) is 30.6 Å². The lowest BCUT2D eigenvalue weighted by atomic mass is 9.97. The number of piperidine rings is 1. The van der Waals surface area contributed by atoms with Gasteiger partial charge >= 0.3 is 6.09 Å². The molecule has 1 saturated carbocycles. The van der Waals surface area contributed by atoms with Crippen LogP contribution in [0.4, 0.5) is 15.1 Å². The van der Waals surface area contributed by atoms with E-state index in [0.717, 1.165) is 32.2 Å². The summed E-state index contributed by atoms with van der Waals surface area (Å²) in [4.78, 5) is 33.3. The van der Waals surface area contributed by atoms with Crippen LogP contribution in [0.5, 0.6) is 5.75 Å². The average molecular weight is 393 g/mol. The van der Waals surface area contributed by atoms with Crippen LogP contribution in [0.15, 0.2) is 24.3 Å². The normalized spacial score (nSPS) is 19.8. The van der Waals surface area contributed by atoms with Crippen molar-refractivity contribution < 1.29 is 23.8 Å². The van der Waals surface area contributed by atoms with Crippen molar-refractivity contribution in [3.8, 4) is 5.75 Å². The molecule has 3 N–H and O–H groups in total. The molecular weight excluding hydrogens is 369 g/mol. The highest BCUT2D eigenvalue weighted by atomic mass is 19.1. The number of nitrogens with zero attached hydrogens (tertiary/aromatic N) is 3. The fraction of sp³-hybridized carbons (Fsp3) is 0.556. The monoisotopic (exact) mass is 393 g/mol. The van der Waals surface area contributed by atoms with Crippen LogP contribution >= 0.6 is 0 Å². The number of carbonyl (C=O) groups is 2. The van der Waals surface area contributed by atoms with Gasteiger partial charge in [-0.15, -0.1) is 0 Å². The highest BCUT2D eigenvalue weighted by Gasteiger charge is 2.31. The first kappa shape index (κ1) is 19.8. The maximum Gasteiger partial charge on any atom is 0.404 e. The van der Waals surface area contributed by atoms with Gasteiger partial charge < -0.3 is 25.4 Å². The van der Waals surface area contributed by atoms with Gasteiger partial charge in [0.2, 0.25) is 11.9 Å². The molecule has 2 amide bonds. The number of carbonyl (C=O) groups excluding carboxylic acids is 1. The molecule has 9 nitrogen and oxygen atoms in total. The van der Waals surface area contributed by atoms with E-state index in [-0.39, 0.29) is 30.5 Å². The van der Waals surface area contributed by atoms with Crippen LogP contribution in [-0.2, 0) is 4.79 Å². The van der Waals surface area contributed by atoms with Crippen molar-refractivity contribution >= 4 is 17.9 Å². The summed E-state index contributed by atoms with van der Waals surface area (Å²) in [7, 11) is 0. The highest BCUT2D eigenvalue weighted by Crippen LogP contribution is 2.24. The zero-order valence-corrected chi connectivity index (χ0v) is 15.4. The van der Waals surface area contributed by atoms with Gasteiger partial charge in [-0.1, -0.05) is 0 Å². The van der Waals surface area contributed by atoms with Gasteiger partial charge in [0.1, 0.15) is 6.61 Å². The summed E-state index contributed by atoms with van der Waals surface area (Å²) in [6, 6.07) is 0.351. The largest absolute Gasteiger partial charge is 0.486 e. The number of ether oxygens (including phenoxy) is 1. The van der Waals surface area contributed by atoms with E-state index in [1.165, 1.54) is 12.4 Å². The lowest BCUT2D eigenvalue weighted by Gasteiger charge is -2.32. The fourth-order valence-corrected chi connectivity index (χ4v) is 2.95. The maximum absolute atomic E-state index is 12.8. The van der Waals surface area contributed by atoms with Crippen LogP contribution in [0.2, 0.25) is 0 Å². The summed E-state index contributed by atoms with van der Waals surface area (Å²) < 4.78 is 18.2. The molecule has 1 aliphatic carbocycles. The number of aromatic nitrogens is 2. The van der Waals surface area contributed by atoms with Crippen molar-refractivity contribution in [1.29, 1.82) is 0 Å². The number of hydrogen-bond donors (Lipinski definition) is 3. The predicted molar refractivity (Wildman–Crippen MR) is 98.8 cm³/mol. The number of halogens is 1. The number of carboxylic acid groups (broad SMARTS) is 1. The molecule has 3 rings (SSSR count). The van der Waals surface area contributed by atoms with Gasteiger partial charge in [-0.05, 0) is 25.7 Å².